The van der Waals surface area contributed by atoms with Crippen molar-refractivity contribution in [3.05, 3.63) is 77.7 Å². The minimum Gasteiger partial charge on any atom is -0.475 e. The van der Waals surface area contributed by atoms with Crippen molar-refractivity contribution in [2.24, 2.45) is 0 Å². The zero-order valence-electron chi connectivity index (χ0n) is 23.7. The molecule has 2 aromatic carbocycles. The van der Waals surface area contributed by atoms with Crippen molar-refractivity contribution in [2.75, 3.05) is 23.0 Å². The van der Waals surface area contributed by atoms with Gasteiger partial charge in [0.05, 0.1) is 34.8 Å². The fourth-order valence-electron chi connectivity index (χ4n) is 4.90. The van der Waals surface area contributed by atoms with Gasteiger partial charge < -0.3 is 14.7 Å². The first-order chi connectivity index (χ1) is 19.4. The number of fused-ring (bicyclic) bond motifs is 1. The number of thiocarbonyl (C=S) groups is 1. The molecule has 1 amide bonds. The van der Waals surface area contributed by atoms with E-state index in [1.807, 2.05) is 25.1 Å². The van der Waals surface area contributed by atoms with Gasteiger partial charge in [0.25, 0.3) is 5.91 Å². The molecular weight excluding hydrogens is 541 g/mol. The van der Waals surface area contributed by atoms with Gasteiger partial charge in [-0.1, -0.05) is 19.6 Å². The van der Waals surface area contributed by atoms with Crippen LogP contribution in [0.5, 0.6) is 5.88 Å². The number of carbonyl (C=O) groups excluding carboxylic acids is 1. The monoisotopic (exact) mass is 573 g/mol. The molecule has 2 heterocycles. The Morgan fingerprint density at radius 2 is 1.98 bits per heavy atom. The van der Waals surface area contributed by atoms with Gasteiger partial charge in [0.2, 0.25) is 5.88 Å². The van der Waals surface area contributed by atoms with E-state index in [4.69, 9.17) is 17.0 Å². The molecule has 1 aliphatic heterocycles. The Hall–Kier alpha value is -4.20. The average Bonchev–Trinajstić information content (AvgIpc) is 3.13. The van der Waals surface area contributed by atoms with Gasteiger partial charge in [-0.25, -0.2) is 9.37 Å². The van der Waals surface area contributed by atoms with E-state index in [1.54, 1.807) is 50.8 Å². The van der Waals surface area contributed by atoms with Gasteiger partial charge in [0, 0.05) is 17.7 Å². The Kier molecular flexibility index (Phi) is 8.24. The van der Waals surface area contributed by atoms with Gasteiger partial charge in [0.15, 0.2) is 10.8 Å². The minimum absolute atomic E-state index is 0.0634. The van der Waals surface area contributed by atoms with Gasteiger partial charge >= 0.3 is 0 Å². The van der Waals surface area contributed by atoms with Gasteiger partial charge in [-0.15, -0.1) is 0 Å². The number of anilines is 2. The zero-order valence-corrected chi connectivity index (χ0v) is 24.5. The number of nitrogens with zero attached hydrogens (tertiary/aromatic N) is 5. The maximum atomic E-state index is 16.3. The van der Waals surface area contributed by atoms with Crippen LogP contribution in [-0.4, -0.2) is 44.8 Å². The number of allylic oxidation sites excluding steroid dienone is 3. The van der Waals surface area contributed by atoms with E-state index >= 15 is 4.39 Å². The molecule has 3 aromatic rings. The Morgan fingerprint density at radius 1 is 1.27 bits per heavy atom. The Bertz CT molecular complexity index is 1630. The van der Waals surface area contributed by atoms with Crippen LogP contribution in [0.4, 0.5) is 15.8 Å². The number of aromatic nitrogens is 2. The first kappa shape index (κ1) is 29.8. The second-order valence-electron chi connectivity index (χ2n) is 10.2. The minimum atomic E-state index is -2.12. The van der Waals surface area contributed by atoms with E-state index in [1.165, 1.54) is 23.1 Å². The van der Waals surface area contributed by atoms with Gasteiger partial charge in [-0.05, 0) is 88.0 Å². The predicted octanol–water partition coefficient (Wildman–Crippen LogP) is 5.67. The summed E-state index contributed by atoms with van der Waals surface area (Å²) >= 11 is 5.86. The normalized spacial score (nSPS) is 16.3. The summed E-state index contributed by atoms with van der Waals surface area (Å²) in [5.74, 6) is 0.608. The number of halogens is 1. The molecule has 212 valence electrons. The predicted molar refractivity (Wildman–Crippen MR) is 162 cm³/mol. The van der Waals surface area contributed by atoms with E-state index in [-0.39, 0.29) is 40.9 Å². The lowest BCUT2D eigenvalue weighted by molar-refractivity contribution is -0.120. The summed E-state index contributed by atoms with van der Waals surface area (Å²) in [4.78, 5) is 26.0. The van der Waals surface area contributed by atoms with Crippen LogP contribution in [0.15, 0.2) is 60.7 Å². The Morgan fingerprint density at radius 3 is 2.59 bits per heavy atom. The fraction of sp³-hybridized carbons (Fsp3) is 0.323. The molecule has 0 radical (unpaired) electrons. The van der Waals surface area contributed by atoms with Crippen molar-refractivity contribution in [3.63, 3.8) is 0 Å². The molecule has 0 saturated carbocycles. The molecule has 1 atom stereocenters. The fourth-order valence-corrected chi connectivity index (χ4v) is 5.42. The molecule has 1 N–H and O–H groups in total. The van der Waals surface area contributed by atoms with Crippen molar-refractivity contribution >= 4 is 45.5 Å². The van der Waals surface area contributed by atoms with Crippen LogP contribution in [0.3, 0.4) is 0 Å². The van der Waals surface area contributed by atoms with E-state index in [2.05, 4.69) is 16.5 Å². The van der Waals surface area contributed by atoms with Crippen molar-refractivity contribution in [1.82, 2.24) is 9.97 Å². The summed E-state index contributed by atoms with van der Waals surface area (Å²) in [5, 5.41) is 19.8. The van der Waals surface area contributed by atoms with Crippen LogP contribution in [-0.2, 0) is 16.9 Å². The maximum absolute atomic E-state index is 16.3. The summed E-state index contributed by atoms with van der Waals surface area (Å²) in [6.45, 7) is 12.4. The number of benzene rings is 2. The van der Waals surface area contributed by atoms with E-state index in [0.717, 1.165) is 0 Å². The second kappa shape index (κ2) is 11.4. The molecule has 41 heavy (non-hydrogen) atoms. The number of amides is 1. The molecule has 0 spiro atoms. The molecule has 10 heteroatoms. The van der Waals surface area contributed by atoms with Crippen LogP contribution < -0.4 is 14.5 Å². The molecule has 1 fully saturated rings. The summed E-state index contributed by atoms with van der Waals surface area (Å²) in [6.07, 6.45) is 3.50. The first-order valence-corrected chi connectivity index (χ1v) is 13.6. The number of alkyl halides is 1. The van der Waals surface area contributed by atoms with Crippen molar-refractivity contribution < 1.29 is 19.0 Å². The van der Waals surface area contributed by atoms with Crippen molar-refractivity contribution in [3.8, 4) is 11.9 Å². The average molecular weight is 574 g/mol. The van der Waals surface area contributed by atoms with E-state index < -0.39 is 11.2 Å². The van der Waals surface area contributed by atoms with E-state index in [0.29, 0.717) is 40.4 Å². The van der Waals surface area contributed by atoms with Crippen molar-refractivity contribution in [1.29, 1.82) is 5.26 Å². The number of nitriles is 1. The van der Waals surface area contributed by atoms with Crippen molar-refractivity contribution in [2.45, 2.75) is 52.2 Å². The van der Waals surface area contributed by atoms with Crippen LogP contribution in [0.2, 0.25) is 0 Å². The van der Waals surface area contributed by atoms with Gasteiger partial charge in [-0.2, -0.15) is 10.2 Å². The summed E-state index contributed by atoms with van der Waals surface area (Å²) in [6, 6.07) is 12.0. The van der Waals surface area contributed by atoms with Crippen LogP contribution in [0, 0.1) is 11.3 Å². The number of aliphatic hydroxyl groups is 1. The number of carbonyl (C=O) groups is 1. The first-order valence-electron chi connectivity index (χ1n) is 13.2. The third-order valence-corrected chi connectivity index (χ3v) is 7.42. The molecule has 0 bridgehead atoms. The molecule has 0 aliphatic carbocycles. The SMILES string of the molecule is C=C(C)C(F)(/C=C/C)c1cc(N2C(=O)C(C)(C)N(c3ccc4nc(CC)nc(OCCO)c4c3)C2=S)ccc1C#N. The van der Waals surface area contributed by atoms with Crippen LogP contribution >= 0.6 is 12.2 Å². The lowest BCUT2D eigenvalue weighted by Gasteiger charge is -2.29. The molecule has 8 nitrogen and oxygen atoms in total. The summed E-state index contributed by atoms with van der Waals surface area (Å²) in [5.41, 5.74) is -1.23. The third kappa shape index (κ3) is 5.07. The zero-order chi connectivity index (χ0) is 30.1. The molecule has 1 unspecified atom stereocenters. The van der Waals surface area contributed by atoms with Crippen LogP contribution in [0.25, 0.3) is 10.9 Å². The lowest BCUT2D eigenvalue weighted by Crippen LogP contribution is -2.44. The lowest BCUT2D eigenvalue weighted by atomic mass is 9.85. The van der Waals surface area contributed by atoms with Gasteiger partial charge in [-0.3, -0.25) is 9.69 Å². The standard InChI is InChI=1S/C31H32FN5O3S/c1-7-13-31(32,19(3)4)24-17-21(10-9-20(24)18-33)36-28(39)30(5,6)37(29(36)41)22-11-12-25-23(16-22)27(40-15-14-38)35-26(8-2)34-25/h7,9-13,16-17,38H,3,8,14-15H2,1-2,4-6H3/b13-7+. The van der Waals surface area contributed by atoms with Crippen LogP contribution in [0.1, 0.15) is 51.6 Å². The molecule has 4 rings (SSSR count). The highest BCUT2D eigenvalue weighted by atomic mass is 32.1. The highest BCUT2D eigenvalue weighted by molar-refractivity contribution is 7.81. The molecule has 1 aromatic heterocycles. The molecule has 1 saturated heterocycles. The Labute approximate surface area is 244 Å². The van der Waals surface area contributed by atoms with Gasteiger partial charge in [0.1, 0.15) is 18.0 Å². The Balaban J connectivity index is 1.85. The third-order valence-electron chi connectivity index (χ3n) is 7.05. The highest BCUT2D eigenvalue weighted by Crippen LogP contribution is 2.42. The topological polar surface area (TPSA) is 103 Å². The maximum Gasteiger partial charge on any atom is 0.259 e. The number of aliphatic hydroxyl groups excluding tert-OH is 1. The number of hydrogen-bond donors (Lipinski definition) is 1. The number of ether oxygens (including phenoxy) is 1. The summed E-state index contributed by atoms with van der Waals surface area (Å²) in [7, 11) is 0. The molecular formula is C31H32FN5O3S. The quantitative estimate of drug-likeness (QED) is 0.258. The summed E-state index contributed by atoms with van der Waals surface area (Å²) < 4.78 is 22.0. The van der Waals surface area contributed by atoms with E-state index in [9.17, 15) is 15.2 Å². The number of rotatable bonds is 9. The molecule has 1 aliphatic rings. The second-order valence-corrected chi connectivity index (χ2v) is 10.6. The smallest absolute Gasteiger partial charge is 0.259 e. The number of hydrogen-bond acceptors (Lipinski definition) is 7. The largest absolute Gasteiger partial charge is 0.475 e. The highest BCUT2D eigenvalue weighted by Gasteiger charge is 2.50. The number of aryl methyl sites for hydroxylation is 1.